The molecule has 1 fully saturated rings. The van der Waals surface area contributed by atoms with Gasteiger partial charge in [0.25, 0.3) is 0 Å². The number of hydrogen-bond acceptors (Lipinski definition) is 4. The van der Waals surface area contributed by atoms with Crippen molar-refractivity contribution in [1.82, 2.24) is 14.8 Å². The zero-order chi connectivity index (χ0) is 13.1. The zero-order valence-electron chi connectivity index (χ0n) is 10.8. The van der Waals surface area contributed by atoms with Crippen LogP contribution in [-0.4, -0.2) is 27.9 Å². The van der Waals surface area contributed by atoms with E-state index in [9.17, 15) is 0 Å². The Balaban J connectivity index is 1.68. The Kier molecular flexibility index (Phi) is 4.18. The lowest BCUT2D eigenvalue weighted by Crippen LogP contribution is -2.23. The fourth-order valence-corrected chi connectivity index (χ4v) is 3.64. The highest BCUT2D eigenvalue weighted by molar-refractivity contribution is 9.10. The summed E-state index contributed by atoms with van der Waals surface area (Å²) < 4.78 is 2.95. The van der Waals surface area contributed by atoms with Crippen LogP contribution in [0.1, 0.15) is 30.6 Å². The lowest BCUT2D eigenvalue weighted by Gasteiger charge is -2.18. The van der Waals surface area contributed by atoms with Gasteiger partial charge < -0.3 is 4.90 Å². The number of nitrogens with zero attached hydrogens (tertiary/aromatic N) is 4. The van der Waals surface area contributed by atoms with Gasteiger partial charge in [-0.15, -0.1) is 0 Å². The molecule has 2 aromatic heterocycles. The first-order valence-corrected chi connectivity index (χ1v) is 8.30. The van der Waals surface area contributed by atoms with Gasteiger partial charge >= 0.3 is 0 Å². The van der Waals surface area contributed by atoms with E-state index in [0.29, 0.717) is 0 Å². The molecule has 1 saturated heterocycles. The van der Waals surface area contributed by atoms with Crippen LogP contribution in [0.15, 0.2) is 23.1 Å². The Hall–Kier alpha value is -0.880. The molecule has 0 amide bonds. The quantitative estimate of drug-likeness (QED) is 0.856. The second kappa shape index (κ2) is 6.05. The van der Waals surface area contributed by atoms with Crippen molar-refractivity contribution in [2.24, 2.45) is 0 Å². The molecule has 0 bridgehead atoms. The van der Waals surface area contributed by atoms with Crippen molar-refractivity contribution in [1.29, 1.82) is 0 Å². The van der Waals surface area contributed by atoms with Crippen LogP contribution >= 0.6 is 27.3 Å². The molecule has 0 radical (unpaired) electrons. The molecule has 0 saturated carbocycles. The Morgan fingerprint density at radius 1 is 1.16 bits per heavy atom. The molecule has 0 spiro atoms. The monoisotopic (exact) mass is 340 g/mol. The summed E-state index contributed by atoms with van der Waals surface area (Å²) in [5, 5.41) is 5.45. The summed E-state index contributed by atoms with van der Waals surface area (Å²) in [5.41, 5.74) is 0. The molecule has 0 aliphatic carbocycles. The molecule has 0 aromatic carbocycles. The van der Waals surface area contributed by atoms with Crippen LogP contribution in [0.5, 0.6) is 0 Å². The van der Waals surface area contributed by atoms with Gasteiger partial charge in [0.1, 0.15) is 0 Å². The van der Waals surface area contributed by atoms with E-state index in [-0.39, 0.29) is 0 Å². The van der Waals surface area contributed by atoms with Crippen LogP contribution in [0.4, 0.5) is 5.13 Å². The molecule has 2 aromatic rings. The molecule has 19 heavy (non-hydrogen) atoms. The normalized spacial score (nSPS) is 16.6. The second-order valence-corrected chi connectivity index (χ2v) is 6.88. The van der Waals surface area contributed by atoms with Gasteiger partial charge in [-0.3, -0.25) is 4.68 Å². The molecular weight excluding hydrogens is 324 g/mol. The van der Waals surface area contributed by atoms with Gasteiger partial charge in [-0.2, -0.15) is 5.10 Å². The molecule has 1 aliphatic heterocycles. The van der Waals surface area contributed by atoms with E-state index in [2.05, 4.69) is 30.9 Å². The summed E-state index contributed by atoms with van der Waals surface area (Å²) >= 11 is 5.21. The number of halogens is 1. The fourth-order valence-electron chi connectivity index (χ4n) is 2.36. The highest BCUT2D eigenvalue weighted by Gasteiger charge is 2.13. The Labute approximate surface area is 125 Å². The van der Waals surface area contributed by atoms with Crippen molar-refractivity contribution in [3.05, 3.63) is 27.9 Å². The average Bonchev–Trinajstić information content (AvgIpc) is 2.92. The summed E-state index contributed by atoms with van der Waals surface area (Å²) in [6, 6.07) is 0. The van der Waals surface area contributed by atoms with Gasteiger partial charge in [-0.25, -0.2) is 4.98 Å². The molecular formula is C13H17BrN4S. The third-order valence-corrected chi connectivity index (χ3v) is 4.79. The highest BCUT2D eigenvalue weighted by Crippen LogP contribution is 2.25. The van der Waals surface area contributed by atoms with Crippen LogP contribution in [-0.2, 0) is 6.54 Å². The van der Waals surface area contributed by atoms with Gasteiger partial charge in [-0.05, 0) is 28.8 Å². The van der Waals surface area contributed by atoms with E-state index in [1.807, 2.05) is 23.3 Å². The van der Waals surface area contributed by atoms with Crippen LogP contribution in [0.3, 0.4) is 0 Å². The van der Waals surface area contributed by atoms with E-state index in [4.69, 9.17) is 0 Å². The number of hydrogen-bond donors (Lipinski definition) is 0. The van der Waals surface area contributed by atoms with E-state index in [1.165, 1.54) is 35.7 Å². The molecule has 4 nitrogen and oxygen atoms in total. The largest absolute Gasteiger partial charge is 0.348 e. The van der Waals surface area contributed by atoms with E-state index >= 15 is 0 Å². The minimum absolute atomic E-state index is 0.803. The van der Waals surface area contributed by atoms with Crippen LogP contribution in [0.2, 0.25) is 0 Å². The summed E-state index contributed by atoms with van der Waals surface area (Å²) in [5.74, 6) is 0. The van der Waals surface area contributed by atoms with Crippen LogP contribution < -0.4 is 4.90 Å². The zero-order valence-corrected chi connectivity index (χ0v) is 13.2. The maximum Gasteiger partial charge on any atom is 0.185 e. The summed E-state index contributed by atoms with van der Waals surface area (Å²) in [6.07, 6.45) is 11.1. The smallest absolute Gasteiger partial charge is 0.185 e. The van der Waals surface area contributed by atoms with Crippen LogP contribution in [0, 0.1) is 0 Å². The summed E-state index contributed by atoms with van der Waals surface area (Å²) in [4.78, 5) is 8.27. The van der Waals surface area contributed by atoms with Crippen molar-refractivity contribution in [2.45, 2.75) is 32.2 Å². The molecule has 0 N–H and O–H groups in total. The number of aromatic nitrogens is 3. The molecule has 3 heterocycles. The van der Waals surface area contributed by atoms with Gasteiger partial charge in [0.05, 0.1) is 17.2 Å². The minimum atomic E-state index is 0.803. The lowest BCUT2D eigenvalue weighted by atomic mass is 10.2. The molecule has 1 aliphatic rings. The maximum atomic E-state index is 4.58. The summed E-state index contributed by atoms with van der Waals surface area (Å²) in [6.45, 7) is 3.11. The Morgan fingerprint density at radius 2 is 1.95 bits per heavy atom. The first kappa shape index (κ1) is 13.1. The first-order chi connectivity index (χ1) is 9.31. The van der Waals surface area contributed by atoms with Gasteiger partial charge in [0.15, 0.2) is 5.13 Å². The third kappa shape index (κ3) is 3.36. The number of thiazole rings is 1. The van der Waals surface area contributed by atoms with Gasteiger partial charge in [0.2, 0.25) is 0 Å². The molecule has 3 rings (SSSR count). The van der Waals surface area contributed by atoms with E-state index in [1.54, 1.807) is 11.3 Å². The fraction of sp³-hybridized carbons (Fsp3) is 0.538. The average molecular weight is 341 g/mol. The second-order valence-electron chi connectivity index (χ2n) is 4.87. The van der Waals surface area contributed by atoms with Crippen molar-refractivity contribution in [2.75, 3.05) is 18.0 Å². The number of anilines is 1. The SMILES string of the molecule is Brc1cnn(Cc2cnc(N3CCCCCC3)s2)c1. The predicted octanol–water partition coefficient (Wildman–Crippen LogP) is 3.53. The van der Waals surface area contributed by atoms with Crippen molar-refractivity contribution >= 4 is 32.4 Å². The maximum absolute atomic E-state index is 4.58. The van der Waals surface area contributed by atoms with Crippen molar-refractivity contribution in [3.8, 4) is 0 Å². The van der Waals surface area contributed by atoms with Gasteiger partial charge in [-0.1, -0.05) is 24.2 Å². The highest BCUT2D eigenvalue weighted by atomic mass is 79.9. The Morgan fingerprint density at radius 3 is 2.63 bits per heavy atom. The molecule has 0 atom stereocenters. The molecule has 6 heteroatoms. The van der Waals surface area contributed by atoms with Crippen molar-refractivity contribution in [3.63, 3.8) is 0 Å². The van der Waals surface area contributed by atoms with Crippen LogP contribution in [0.25, 0.3) is 0 Å². The minimum Gasteiger partial charge on any atom is -0.348 e. The third-order valence-electron chi connectivity index (χ3n) is 3.34. The van der Waals surface area contributed by atoms with Gasteiger partial charge in [0, 0.05) is 30.4 Å². The standard InChI is InChI=1S/C13H17BrN4S/c14-11-7-16-18(9-11)10-12-8-15-13(19-12)17-5-3-1-2-4-6-17/h7-9H,1-6,10H2. The topological polar surface area (TPSA) is 34.0 Å². The molecule has 102 valence electrons. The van der Waals surface area contributed by atoms with Crippen molar-refractivity contribution < 1.29 is 0 Å². The molecule has 0 unspecified atom stereocenters. The lowest BCUT2D eigenvalue weighted by molar-refractivity contribution is 0.693. The van der Waals surface area contributed by atoms with E-state index < -0.39 is 0 Å². The van der Waals surface area contributed by atoms with E-state index in [0.717, 1.165) is 24.1 Å². The predicted molar refractivity (Wildman–Crippen MR) is 81.8 cm³/mol. The number of rotatable bonds is 3. The first-order valence-electron chi connectivity index (χ1n) is 6.69. The summed E-state index contributed by atoms with van der Waals surface area (Å²) in [7, 11) is 0. The Bertz CT molecular complexity index is 528.